The minimum absolute atomic E-state index is 0.0275. The molecule has 1 aliphatic rings. The van der Waals surface area contributed by atoms with Crippen molar-refractivity contribution in [1.29, 1.82) is 0 Å². The lowest BCUT2D eigenvalue weighted by atomic mass is 10.0. The van der Waals surface area contributed by atoms with E-state index in [2.05, 4.69) is 15.5 Å². The Morgan fingerprint density at radius 3 is 2.70 bits per heavy atom. The van der Waals surface area contributed by atoms with Gasteiger partial charge in [0.2, 0.25) is 0 Å². The molecule has 1 aliphatic heterocycles. The van der Waals surface area contributed by atoms with Crippen LogP contribution in [0.1, 0.15) is 24.1 Å². The fraction of sp³-hybridized carbons (Fsp3) is 0.435. The van der Waals surface area contributed by atoms with Crippen LogP contribution in [0, 0.1) is 5.82 Å². The Balaban J connectivity index is 1.73. The molecule has 1 atom stereocenters. The second-order valence-electron chi connectivity index (χ2n) is 7.11. The third kappa shape index (κ3) is 6.18. The van der Waals surface area contributed by atoms with E-state index in [0.717, 1.165) is 42.5 Å². The topological polar surface area (TPSA) is 58.1 Å². The molecule has 0 spiro atoms. The van der Waals surface area contributed by atoms with Crippen molar-refractivity contribution in [3.05, 3.63) is 65.5 Å². The van der Waals surface area contributed by atoms with Gasteiger partial charge in [-0.25, -0.2) is 9.38 Å². The Morgan fingerprint density at radius 1 is 1.17 bits per heavy atom. The summed E-state index contributed by atoms with van der Waals surface area (Å²) in [6.07, 6.45) is 0. The molecule has 1 heterocycles. The van der Waals surface area contributed by atoms with Crippen LogP contribution in [0.25, 0.3) is 0 Å². The van der Waals surface area contributed by atoms with Gasteiger partial charge in [0.1, 0.15) is 11.6 Å². The smallest absolute Gasteiger partial charge is 0.191 e. The lowest BCUT2D eigenvalue weighted by molar-refractivity contribution is 0.0169. The number of methoxy groups -OCH3 is 1. The second kappa shape index (κ2) is 11.5. The maximum absolute atomic E-state index is 13.9. The molecule has 1 fully saturated rings. The van der Waals surface area contributed by atoms with Crippen molar-refractivity contribution in [3.63, 3.8) is 0 Å². The lowest BCUT2D eigenvalue weighted by Crippen LogP contribution is -2.46. The van der Waals surface area contributed by atoms with E-state index in [1.54, 1.807) is 19.2 Å². The highest BCUT2D eigenvalue weighted by Gasteiger charge is 2.23. The Labute approximate surface area is 178 Å². The largest absolute Gasteiger partial charge is 0.496 e. The maximum Gasteiger partial charge on any atom is 0.191 e. The summed E-state index contributed by atoms with van der Waals surface area (Å²) in [5.41, 5.74) is 1.97. The standard InChI is InChI=1S/C23H31FN4O2/c1-3-25-23(26-16-19-7-4-5-10-22(19)29-2)27-17-21(28-11-13-30-14-12-28)18-8-6-9-20(24)15-18/h4-10,15,21H,3,11-14,16-17H2,1-2H3,(H2,25,26,27). The summed E-state index contributed by atoms with van der Waals surface area (Å²) in [7, 11) is 1.66. The SMILES string of the molecule is CCNC(=NCc1ccccc1OC)NCC(c1cccc(F)c1)N1CCOCC1. The van der Waals surface area contributed by atoms with Crippen LogP contribution in [0.15, 0.2) is 53.5 Å². The molecule has 1 saturated heterocycles. The molecule has 0 aliphatic carbocycles. The van der Waals surface area contributed by atoms with Crippen molar-refractivity contribution in [2.45, 2.75) is 19.5 Å². The molecule has 1 unspecified atom stereocenters. The number of aliphatic imine (C=N–C) groups is 1. The summed E-state index contributed by atoms with van der Waals surface area (Å²) < 4.78 is 24.8. The Kier molecular flexibility index (Phi) is 8.47. The van der Waals surface area contributed by atoms with E-state index in [9.17, 15) is 4.39 Å². The van der Waals surface area contributed by atoms with E-state index in [-0.39, 0.29) is 11.9 Å². The highest BCUT2D eigenvalue weighted by molar-refractivity contribution is 5.79. The number of benzene rings is 2. The van der Waals surface area contributed by atoms with Crippen LogP contribution < -0.4 is 15.4 Å². The number of nitrogens with one attached hydrogen (secondary N) is 2. The van der Waals surface area contributed by atoms with E-state index >= 15 is 0 Å². The van der Waals surface area contributed by atoms with Crippen LogP contribution in [-0.2, 0) is 11.3 Å². The lowest BCUT2D eigenvalue weighted by Gasteiger charge is -2.35. The van der Waals surface area contributed by atoms with Crippen molar-refractivity contribution in [2.75, 3.05) is 46.5 Å². The summed E-state index contributed by atoms with van der Waals surface area (Å²) >= 11 is 0. The van der Waals surface area contributed by atoms with Crippen molar-refractivity contribution >= 4 is 5.96 Å². The van der Waals surface area contributed by atoms with Gasteiger partial charge in [0.05, 0.1) is 32.9 Å². The van der Waals surface area contributed by atoms with Crippen LogP contribution in [0.3, 0.4) is 0 Å². The van der Waals surface area contributed by atoms with Gasteiger partial charge in [0.25, 0.3) is 0 Å². The van der Waals surface area contributed by atoms with Gasteiger partial charge in [-0.1, -0.05) is 30.3 Å². The highest BCUT2D eigenvalue weighted by atomic mass is 19.1. The first-order chi connectivity index (χ1) is 14.7. The zero-order chi connectivity index (χ0) is 21.2. The molecular formula is C23H31FN4O2. The van der Waals surface area contributed by atoms with E-state index in [1.807, 2.05) is 37.3 Å². The molecule has 0 bridgehead atoms. The summed E-state index contributed by atoms with van der Waals surface area (Å²) in [6.45, 7) is 6.91. The average molecular weight is 415 g/mol. The molecule has 0 amide bonds. The molecule has 7 heteroatoms. The molecule has 2 aromatic rings. The summed E-state index contributed by atoms with van der Waals surface area (Å²) in [4.78, 5) is 7.05. The third-order valence-electron chi connectivity index (χ3n) is 5.13. The molecule has 0 aromatic heterocycles. The van der Waals surface area contributed by atoms with Crippen LogP contribution in [0.2, 0.25) is 0 Å². The van der Waals surface area contributed by atoms with Gasteiger partial charge >= 0.3 is 0 Å². The van der Waals surface area contributed by atoms with Gasteiger partial charge in [-0.15, -0.1) is 0 Å². The second-order valence-corrected chi connectivity index (χ2v) is 7.11. The summed E-state index contributed by atoms with van der Waals surface area (Å²) in [5.74, 6) is 1.32. The molecule has 2 aromatic carbocycles. The van der Waals surface area contributed by atoms with Crippen LogP contribution in [0.4, 0.5) is 4.39 Å². The number of hydrogen-bond donors (Lipinski definition) is 2. The van der Waals surface area contributed by atoms with Gasteiger partial charge in [0, 0.05) is 31.7 Å². The first kappa shape index (κ1) is 22.1. The highest BCUT2D eigenvalue weighted by Crippen LogP contribution is 2.22. The van der Waals surface area contributed by atoms with Gasteiger partial charge < -0.3 is 20.1 Å². The van der Waals surface area contributed by atoms with Gasteiger partial charge in [-0.05, 0) is 30.7 Å². The average Bonchev–Trinajstić information content (AvgIpc) is 2.78. The van der Waals surface area contributed by atoms with Crippen LogP contribution in [-0.4, -0.2) is 57.4 Å². The molecule has 3 rings (SSSR count). The third-order valence-corrected chi connectivity index (χ3v) is 5.13. The predicted octanol–water partition coefficient (Wildman–Crippen LogP) is 2.96. The molecule has 6 nitrogen and oxygen atoms in total. The first-order valence-electron chi connectivity index (χ1n) is 10.4. The number of halogens is 1. The molecular weight excluding hydrogens is 383 g/mol. The molecule has 30 heavy (non-hydrogen) atoms. The fourth-order valence-corrected chi connectivity index (χ4v) is 3.59. The van der Waals surface area contributed by atoms with Gasteiger partial charge in [0.15, 0.2) is 5.96 Å². The first-order valence-corrected chi connectivity index (χ1v) is 10.4. The van der Waals surface area contributed by atoms with E-state index < -0.39 is 0 Å². The quantitative estimate of drug-likeness (QED) is 0.514. The molecule has 162 valence electrons. The van der Waals surface area contributed by atoms with Crippen molar-refractivity contribution in [3.8, 4) is 5.75 Å². The Hall–Kier alpha value is -2.64. The maximum atomic E-state index is 13.9. The minimum atomic E-state index is -0.220. The van der Waals surface area contributed by atoms with Crippen molar-refractivity contribution < 1.29 is 13.9 Å². The number of hydrogen-bond acceptors (Lipinski definition) is 4. The molecule has 2 N–H and O–H groups in total. The zero-order valence-corrected chi connectivity index (χ0v) is 17.7. The van der Waals surface area contributed by atoms with E-state index in [1.165, 1.54) is 6.07 Å². The summed E-state index contributed by atoms with van der Waals surface area (Å²) in [6, 6.07) is 14.7. The summed E-state index contributed by atoms with van der Waals surface area (Å²) in [5, 5.41) is 6.73. The number of guanidine groups is 1. The fourth-order valence-electron chi connectivity index (χ4n) is 3.59. The number of morpholine rings is 1. The Morgan fingerprint density at radius 2 is 1.97 bits per heavy atom. The van der Waals surface area contributed by atoms with Crippen molar-refractivity contribution in [2.24, 2.45) is 4.99 Å². The minimum Gasteiger partial charge on any atom is -0.496 e. The number of ether oxygens (including phenoxy) is 2. The molecule has 0 saturated carbocycles. The zero-order valence-electron chi connectivity index (χ0n) is 17.7. The van der Waals surface area contributed by atoms with Crippen molar-refractivity contribution in [1.82, 2.24) is 15.5 Å². The van der Waals surface area contributed by atoms with Gasteiger partial charge in [-0.3, -0.25) is 4.90 Å². The Bertz CT molecular complexity index is 824. The van der Waals surface area contributed by atoms with Gasteiger partial charge in [-0.2, -0.15) is 0 Å². The monoisotopic (exact) mass is 414 g/mol. The number of rotatable bonds is 8. The number of para-hydroxylation sites is 1. The van der Waals surface area contributed by atoms with Crippen LogP contribution >= 0.6 is 0 Å². The van der Waals surface area contributed by atoms with E-state index in [0.29, 0.717) is 26.3 Å². The number of nitrogens with zero attached hydrogens (tertiary/aromatic N) is 2. The normalized spacial score (nSPS) is 16.2. The van der Waals surface area contributed by atoms with Crippen LogP contribution in [0.5, 0.6) is 5.75 Å². The predicted molar refractivity (Wildman–Crippen MR) is 117 cm³/mol. The van der Waals surface area contributed by atoms with E-state index in [4.69, 9.17) is 14.5 Å². The molecule has 0 radical (unpaired) electrons.